The summed E-state index contributed by atoms with van der Waals surface area (Å²) in [6.45, 7) is 7.33. The van der Waals surface area contributed by atoms with Crippen molar-refractivity contribution in [2.45, 2.75) is 32.5 Å². The lowest BCUT2D eigenvalue weighted by Crippen LogP contribution is -2.53. The summed E-state index contributed by atoms with van der Waals surface area (Å²) in [6.07, 6.45) is 0. The third kappa shape index (κ3) is 2.78. The Labute approximate surface area is 116 Å². The molecule has 0 spiro atoms. The van der Waals surface area contributed by atoms with Gasteiger partial charge >= 0.3 is 0 Å². The minimum atomic E-state index is -0.188. The van der Waals surface area contributed by atoms with Crippen LogP contribution >= 0.6 is 11.3 Å². The molecule has 5 heteroatoms. The molecular formula is C14H18FN3S. The maximum Gasteiger partial charge on any atom is 0.124 e. The SMILES string of the molecule is CC1CN(Cc2nc3ccc(F)cc3s2)C(C)CN1. The van der Waals surface area contributed by atoms with Gasteiger partial charge in [0, 0.05) is 25.2 Å². The molecule has 0 amide bonds. The molecule has 3 nitrogen and oxygen atoms in total. The molecule has 0 aliphatic carbocycles. The van der Waals surface area contributed by atoms with Crippen LogP contribution in [0.1, 0.15) is 18.9 Å². The summed E-state index contributed by atoms with van der Waals surface area (Å²) in [7, 11) is 0. The van der Waals surface area contributed by atoms with E-state index in [0.29, 0.717) is 12.1 Å². The van der Waals surface area contributed by atoms with E-state index in [2.05, 4.69) is 29.0 Å². The molecule has 2 atom stereocenters. The summed E-state index contributed by atoms with van der Waals surface area (Å²) >= 11 is 1.60. The lowest BCUT2D eigenvalue weighted by molar-refractivity contribution is 0.139. The lowest BCUT2D eigenvalue weighted by atomic mass is 10.1. The van der Waals surface area contributed by atoms with Crippen LogP contribution in [0.4, 0.5) is 4.39 Å². The van der Waals surface area contributed by atoms with E-state index in [4.69, 9.17) is 0 Å². The van der Waals surface area contributed by atoms with Crippen LogP contribution < -0.4 is 5.32 Å². The fraction of sp³-hybridized carbons (Fsp3) is 0.500. The number of fused-ring (bicyclic) bond motifs is 1. The Morgan fingerprint density at radius 3 is 3.16 bits per heavy atom. The Hall–Kier alpha value is -1.04. The topological polar surface area (TPSA) is 28.2 Å². The summed E-state index contributed by atoms with van der Waals surface area (Å²) in [5.74, 6) is -0.188. The average molecular weight is 279 g/mol. The lowest BCUT2D eigenvalue weighted by Gasteiger charge is -2.36. The molecule has 1 saturated heterocycles. The van der Waals surface area contributed by atoms with E-state index in [1.54, 1.807) is 23.5 Å². The normalized spacial score (nSPS) is 25.0. The number of hydrogen-bond acceptors (Lipinski definition) is 4. The molecule has 2 aromatic rings. The van der Waals surface area contributed by atoms with Crippen LogP contribution in [0.3, 0.4) is 0 Å². The van der Waals surface area contributed by atoms with Crippen molar-refractivity contribution in [3.8, 4) is 0 Å². The highest BCUT2D eigenvalue weighted by atomic mass is 32.1. The van der Waals surface area contributed by atoms with Crippen LogP contribution in [-0.4, -0.2) is 35.1 Å². The zero-order chi connectivity index (χ0) is 13.4. The summed E-state index contributed by atoms with van der Waals surface area (Å²) in [5.41, 5.74) is 0.900. The van der Waals surface area contributed by atoms with E-state index < -0.39 is 0 Å². The third-order valence-electron chi connectivity index (χ3n) is 3.63. The van der Waals surface area contributed by atoms with E-state index in [1.165, 1.54) is 6.07 Å². The van der Waals surface area contributed by atoms with Crippen LogP contribution in [0.15, 0.2) is 18.2 Å². The first-order valence-corrected chi connectivity index (χ1v) is 7.46. The first-order valence-electron chi connectivity index (χ1n) is 6.64. The second-order valence-electron chi connectivity index (χ2n) is 5.31. The second kappa shape index (κ2) is 5.15. The first-order chi connectivity index (χ1) is 9.11. The van der Waals surface area contributed by atoms with Gasteiger partial charge in [0.15, 0.2) is 0 Å². The molecule has 3 rings (SSSR count). The molecule has 102 valence electrons. The Kier molecular flexibility index (Phi) is 3.52. The Bertz CT molecular complexity index is 583. The standard InChI is InChI=1S/C14H18FN3S/c1-9-7-18(10(2)6-16-9)8-14-17-12-4-3-11(15)5-13(12)19-14/h3-5,9-10,16H,6-8H2,1-2H3. The van der Waals surface area contributed by atoms with Gasteiger partial charge < -0.3 is 5.32 Å². The fourth-order valence-corrected chi connectivity index (χ4v) is 3.52. The fourth-order valence-electron chi connectivity index (χ4n) is 2.51. The second-order valence-corrected chi connectivity index (χ2v) is 6.42. The first kappa shape index (κ1) is 13.0. The molecule has 1 aromatic heterocycles. The molecule has 2 unspecified atom stereocenters. The minimum absolute atomic E-state index is 0.188. The number of benzene rings is 1. The van der Waals surface area contributed by atoms with Crippen molar-refractivity contribution in [2.75, 3.05) is 13.1 Å². The van der Waals surface area contributed by atoms with Crippen molar-refractivity contribution in [1.82, 2.24) is 15.2 Å². The highest BCUT2D eigenvalue weighted by molar-refractivity contribution is 7.18. The molecule has 1 fully saturated rings. The molecule has 0 bridgehead atoms. The number of hydrogen-bond donors (Lipinski definition) is 1. The van der Waals surface area contributed by atoms with Crippen LogP contribution in [0.25, 0.3) is 10.2 Å². The maximum atomic E-state index is 13.2. The average Bonchev–Trinajstić information content (AvgIpc) is 2.75. The van der Waals surface area contributed by atoms with Gasteiger partial charge in [-0.15, -0.1) is 11.3 Å². The van der Waals surface area contributed by atoms with Crippen LogP contribution in [0.5, 0.6) is 0 Å². The number of piperazine rings is 1. The predicted molar refractivity (Wildman–Crippen MR) is 76.9 cm³/mol. The molecule has 1 aliphatic heterocycles. The molecule has 2 heterocycles. The smallest absolute Gasteiger partial charge is 0.124 e. The Morgan fingerprint density at radius 1 is 1.47 bits per heavy atom. The predicted octanol–water partition coefficient (Wildman–Crippen LogP) is 2.62. The van der Waals surface area contributed by atoms with Crippen molar-refractivity contribution in [3.05, 3.63) is 29.0 Å². The zero-order valence-electron chi connectivity index (χ0n) is 11.2. The summed E-state index contributed by atoms with van der Waals surface area (Å²) in [6, 6.07) is 5.83. The molecule has 1 aliphatic rings. The van der Waals surface area contributed by atoms with Gasteiger partial charge in [0.05, 0.1) is 16.8 Å². The third-order valence-corrected chi connectivity index (χ3v) is 4.63. The number of halogens is 1. The van der Waals surface area contributed by atoms with E-state index >= 15 is 0 Å². The van der Waals surface area contributed by atoms with Gasteiger partial charge in [-0.05, 0) is 32.0 Å². The highest BCUT2D eigenvalue weighted by Gasteiger charge is 2.23. The zero-order valence-corrected chi connectivity index (χ0v) is 12.0. The molecule has 0 radical (unpaired) electrons. The number of rotatable bonds is 2. The monoisotopic (exact) mass is 279 g/mol. The van der Waals surface area contributed by atoms with E-state index in [-0.39, 0.29) is 5.82 Å². The van der Waals surface area contributed by atoms with E-state index in [0.717, 1.165) is 34.9 Å². The molecule has 1 N–H and O–H groups in total. The van der Waals surface area contributed by atoms with E-state index in [9.17, 15) is 4.39 Å². The quantitative estimate of drug-likeness (QED) is 0.916. The van der Waals surface area contributed by atoms with E-state index in [1.807, 2.05) is 0 Å². The maximum absolute atomic E-state index is 13.2. The largest absolute Gasteiger partial charge is 0.311 e. The van der Waals surface area contributed by atoms with Crippen molar-refractivity contribution >= 4 is 21.6 Å². The number of aromatic nitrogens is 1. The molecular weight excluding hydrogens is 261 g/mol. The summed E-state index contributed by atoms with van der Waals surface area (Å²) in [5, 5.41) is 4.54. The van der Waals surface area contributed by atoms with Gasteiger partial charge in [-0.2, -0.15) is 0 Å². The van der Waals surface area contributed by atoms with Crippen molar-refractivity contribution in [2.24, 2.45) is 0 Å². The van der Waals surface area contributed by atoms with Gasteiger partial charge in [-0.25, -0.2) is 9.37 Å². The Balaban J connectivity index is 1.80. The van der Waals surface area contributed by atoms with Crippen LogP contribution in [-0.2, 0) is 6.54 Å². The van der Waals surface area contributed by atoms with Crippen molar-refractivity contribution in [1.29, 1.82) is 0 Å². The van der Waals surface area contributed by atoms with Crippen molar-refractivity contribution < 1.29 is 4.39 Å². The number of thiazole rings is 1. The van der Waals surface area contributed by atoms with Crippen LogP contribution in [0.2, 0.25) is 0 Å². The van der Waals surface area contributed by atoms with Crippen molar-refractivity contribution in [3.63, 3.8) is 0 Å². The highest BCUT2D eigenvalue weighted by Crippen LogP contribution is 2.24. The van der Waals surface area contributed by atoms with Crippen LogP contribution in [0, 0.1) is 5.82 Å². The molecule has 0 saturated carbocycles. The van der Waals surface area contributed by atoms with Gasteiger partial charge in [-0.1, -0.05) is 0 Å². The molecule has 1 aromatic carbocycles. The van der Waals surface area contributed by atoms with Gasteiger partial charge in [0.1, 0.15) is 10.8 Å². The Morgan fingerprint density at radius 2 is 2.32 bits per heavy atom. The minimum Gasteiger partial charge on any atom is -0.311 e. The van der Waals surface area contributed by atoms with Gasteiger partial charge in [-0.3, -0.25) is 4.90 Å². The summed E-state index contributed by atoms with van der Waals surface area (Å²) < 4.78 is 14.1. The van der Waals surface area contributed by atoms with Gasteiger partial charge in [0.2, 0.25) is 0 Å². The summed E-state index contributed by atoms with van der Waals surface area (Å²) in [4.78, 5) is 7.04. The molecule has 19 heavy (non-hydrogen) atoms. The number of nitrogens with one attached hydrogen (secondary N) is 1. The number of nitrogens with zero attached hydrogens (tertiary/aromatic N) is 2. The van der Waals surface area contributed by atoms with Gasteiger partial charge in [0.25, 0.3) is 0 Å².